The van der Waals surface area contributed by atoms with E-state index < -0.39 is 0 Å². The number of hydrogen-bond donors (Lipinski definition) is 0. The Morgan fingerprint density at radius 3 is 2.68 bits per heavy atom. The van der Waals surface area contributed by atoms with Gasteiger partial charge in [0.05, 0.1) is 7.11 Å². The number of rotatable bonds is 2. The van der Waals surface area contributed by atoms with Gasteiger partial charge in [-0.1, -0.05) is 12.1 Å². The van der Waals surface area contributed by atoms with Crippen molar-refractivity contribution in [1.29, 1.82) is 0 Å². The highest BCUT2D eigenvalue weighted by Gasteiger charge is 2.18. The zero-order valence-electron chi connectivity index (χ0n) is 13.8. The zero-order chi connectivity index (χ0) is 17.0. The third-order valence-electron chi connectivity index (χ3n) is 4.95. The average molecular weight is 332 g/mol. The maximum absolute atomic E-state index is 12.1. The fraction of sp³-hybridized carbons (Fsp3) is 0.190. The molecule has 25 heavy (non-hydrogen) atoms. The molecule has 4 aromatic rings. The van der Waals surface area contributed by atoms with Crippen LogP contribution in [0, 0.1) is 0 Å². The molecule has 1 aliphatic carbocycles. The lowest BCUT2D eigenvalue weighted by Gasteiger charge is -2.06. The predicted molar refractivity (Wildman–Crippen MR) is 96.3 cm³/mol. The Kier molecular flexibility index (Phi) is 3.01. The molecule has 2 aromatic heterocycles. The Morgan fingerprint density at radius 2 is 1.84 bits per heavy atom. The summed E-state index contributed by atoms with van der Waals surface area (Å²) < 4.78 is 16.9. The van der Waals surface area contributed by atoms with Crippen molar-refractivity contribution in [2.24, 2.45) is 0 Å². The van der Waals surface area contributed by atoms with E-state index in [4.69, 9.17) is 13.6 Å². The second kappa shape index (κ2) is 5.24. The van der Waals surface area contributed by atoms with Crippen LogP contribution in [0.3, 0.4) is 0 Å². The van der Waals surface area contributed by atoms with Crippen LogP contribution in [-0.2, 0) is 12.8 Å². The van der Waals surface area contributed by atoms with Crippen molar-refractivity contribution in [2.75, 3.05) is 7.11 Å². The Balaban J connectivity index is 1.82. The fourth-order valence-corrected chi connectivity index (χ4v) is 3.76. The summed E-state index contributed by atoms with van der Waals surface area (Å²) in [5, 5.41) is 1.86. The maximum atomic E-state index is 12.1. The molecule has 0 aliphatic heterocycles. The van der Waals surface area contributed by atoms with Crippen LogP contribution in [0.2, 0.25) is 0 Å². The topological polar surface area (TPSA) is 52.6 Å². The molecule has 0 unspecified atom stereocenters. The number of ether oxygens (including phenoxy) is 1. The smallest absolute Gasteiger partial charge is 0.336 e. The molecular weight excluding hydrogens is 316 g/mol. The normalized spacial score (nSPS) is 13.5. The summed E-state index contributed by atoms with van der Waals surface area (Å²) >= 11 is 0. The highest BCUT2D eigenvalue weighted by atomic mass is 16.5. The summed E-state index contributed by atoms with van der Waals surface area (Å²) in [7, 11) is 1.62. The van der Waals surface area contributed by atoms with E-state index >= 15 is 0 Å². The monoisotopic (exact) mass is 332 g/mol. The maximum Gasteiger partial charge on any atom is 0.336 e. The number of furan rings is 1. The molecule has 4 nitrogen and oxygen atoms in total. The zero-order valence-corrected chi connectivity index (χ0v) is 13.8. The standard InChI is InChI=1S/C21H16O4/c1-23-17-7-3-6-14-10-19(25-21(14)17)16-11-20(22)24-18-9-13-5-2-4-12(13)8-15(16)18/h3,6-11H,2,4-5H2,1H3. The highest BCUT2D eigenvalue weighted by molar-refractivity contribution is 5.96. The van der Waals surface area contributed by atoms with Gasteiger partial charge in [-0.05, 0) is 54.7 Å². The molecule has 1 aliphatic rings. The molecule has 0 fully saturated rings. The van der Waals surface area contributed by atoms with Gasteiger partial charge in [-0.3, -0.25) is 0 Å². The Labute approximate surface area is 143 Å². The molecule has 0 amide bonds. The Hall–Kier alpha value is -3.01. The molecule has 5 rings (SSSR count). The van der Waals surface area contributed by atoms with E-state index in [0.717, 1.165) is 35.6 Å². The van der Waals surface area contributed by atoms with Gasteiger partial charge in [-0.25, -0.2) is 4.79 Å². The second-order valence-corrected chi connectivity index (χ2v) is 6.44. The van der Waals surface area contributed by atoms with Crippen molar-refractivity contribution < 1.29 is 13.6 Å². The predicted octanol–water partition coefficient (Wildman–Crippen LogP) is 4.70. The molecule has 0 radical (unpaired) electrons. The van der Waals surface area contributed by atoms with E-state index in [9.17, 15) is 4.79 Å². The molecule has 0 atom stereocenters. The third kappa shape index (κ3) is 2.18. The molecule has 2 heterocycles. The molecule has 0 N–H and O–H groups in total. The summed E-state index contributed by atoms with van der Waals surface area (Å²) in [6, 6.07) is 13.3. The van der Waals surface area contributed by atoms with Crippen molar-refractivity contribution in [3.8, 4) is 17.1 Å². The molecular formula is C21H16O4. The number of methoxy groups -OCH3 is 1. The highest BCUT2D eigenvalue weighted by Crippen LogP contribution is 2.37. The van der Waals surface area contributed by atoms with E-state index in [2.05, 4.69) is 6.07 Å². The first-order valence-corrected chi connectivity index (χ1v) is 8.39. The SMILES string of the molecule is COc1cccc2cc(-c3cc(=O)oc4cc5c(cc34)CCC5)oc12. The average Bonchev–Trinajstić information content (AvgIpc) is 3.24. The third-order valence-corrected chi connectivity index (χ3v) is 4.95. The molecule has 0 saturated heterocycles. The van der Waals surface area contributed by atoms with E-state index in [1.165, 1.54) is 17.2 Å². The minimum absolute atomic E-state index is 0.368. The van der Waals surface area contributed by atoms with Crippen molar-refractivity contribution in [3.63, 3.8) is 0 Å². The first-order chi connectivity index (χ1) is 12.2. The molecule has 2 aromatic carbocycles. The number of aryl methyl sites for hydroxylation is 2. The van der Waals surface area contributed by atoms with Crippen LogP contribution in [-0.4, -0.2) is 7.11 Å². The van der Waals surface area contributed by atoms with Gasteiger partial charge < -0.3 is 13.6 Å². The van der Waals surface area contributed by atoms with Crippen LogP contribution < -0.4 is 10.4 Å². The lowest BCUT2D eigenvalue weighted by Crippen LogP contribution is -1.98. The summed E-state index contributed by atoms with van der Waals surface area (Å²) in [6.07, 6.45) is 3.26. The molecule has 4 heteroatoms. The van der Waals surface area contributed by atoms with Crippen molar-refractivity contribution >= 4 is 21.9 Å². The van der Waals surface area contributed by atoms with Crippen LogP contribution in [0.1, 0.15) is 17.5 Å². The number of benzene rings is 2. The van der Waals surface area contributed by atoms with E-state index in [0.29, 0.717) is 22.7 Å². The van der Waals surface area contributed by atoms with Crippen LogP contribution in [0.4, 0.5) is 0 Å². The summed E-state index contributed by atoms with van der Waals surface area (Å²) in [5.41, 5.74) is 4.31. The van der Waals surface area contributed by atoms with Crippen LogP contribution >= 0.6 is 0 Å². The number of fused-ring (bicyclic) bond motifs is 3. The minimum Gasteiger partial charge on any atom is -0.493 e. The number of para-hydroxylation sites is 1. The largest absolute Gasteiger partial charge is 0.493 e. The summed E-state index contributed by atoms with van der Waals surface area (Å²) in [4.78, 5) is 12.1. The van der Waals surface area contributed by atoms with Gasteiger partial charge >= 0.3 is 5.63 Å². The van der Waals surface area contributed by atoms with Crippen molar-refractivity contribution in [3.05, 3.63) is 64.0 Å². The summed E-state index contributed by atoms with van der Waals surface area (Å²) in [5.74, 6) is 1.33. The first-order valence-electron chi connectivity index (χ1n) is 8.39. The Bertz CT molecular complexity index is 1180. The van der Waals surface area contributed by atoms with E-state index in [1.807, 2.05) is 30.3 Å². The van der Waals surface area contributed by atoms with Crippen molar-refractivity contribution in [2.45, 2.75) is 19.3 Å². The lowest BCUT2D eigenvalue weighted by molar-refractivity contribution is 0.411. The molecule has 0 saturated carbocycles. The van der Waals surface area contributed by atoms with Gasteiger partial charge in [0.15, 0.2) is 11.3 Å². The Morgan fingerprint density at radius 1 is 1.00 bits per heavy atom. The fourth-order valence-electron chi connectivity index (χ4n) is 3.76. The van der Waals surface area contributed by atoms with Gasteiger partial charge in [0.1, 0.15) is 11.3 Å². The van der Waals surface area contributed by atoms with Gasteiger partial charge in [-0.15, -0.1) is 0 Å². The van der Waals surface area contributed by atoms with Crippen LogP contribution in [0.25, 0.3) is 33.3 Å². The van der Waals surface area contributed by atoms with Gasteiger partial charge in [0, 0.05) is 22.4 Å². The molecule has 0 bridgehead atoms. The summed E-state index contributed by atoms with van der Waals surface area (Å²) in [6.45, 7) is 0. The van der Waals surface area contributed by atoms with Crippen molar-refractivity contribution in [1.82, 2.24) is 0 Å². The quantitative estimate of drug-likeness (QED) is 0.499. The van der Waals surface area contributed by atoms with Gasteiger partial charge in [0.25, 0.3) is 0 Å². The first kappa shape index (κ1) is 14.3. The lowest BCUT2D eigenvalue weighted by atomic mass is 10.0. The van der Waals surface area contributed by atoms with Gasteiger partial charge in [-0.2, -0.15) is 0 Å². The number of hydrogen-bond acceptors (Lipinski definition) is 4. The van der Waals surface area contributed by atoms with Crippen LogP contribution in [0.15, 0.2) is 56.1 Å². The van der Waals surface area contributed by atoms with Crippen LogP contribution in [0.5, 0.6) is 5.75 Å². The molecule has 124 valence electrons. The minimum atomic E-state index is -0.368. The van der Waals surface area contributed by atoms with E-state index in [-0.39, 0.29) is 5.63 Å². The molecule has 0 spiro atoms. The van der Waals surface area contributed by atoms with E-state index in [1.54, 1.807) is 7.11 Å². The van der Waals surface area contributed by atoms with Gasteiger partial charge in [0.2, 0.25) is 0 Å². The second-order valence-electron chi connectivity index (χ2n) is 6.44.